The van der Waals surface area contributed by atoms with Crippen molar-refractivity contribution in [1.29, 1.82) is 5.26 Å². The number of hydrogen-bond donors (Lipinski definition) is 0. The Balaban J connectivity index is 1.98. The summed E-state index contributed by atoms with van der Waals surface area (Å²) in [5.41, 5.74) is 2.50. The minimum absolute atomic E-state index is 0.0266. The highest BCUT2D eigenvalue weighted by Crippen LogP contribution is 2.37. The van der Waals surface area contributed by atoms with Crippen molar-refractivity contribution in [2.75, 3.05) is 7.11 Å². The van der Waals surface area contributed by atoms with Crippen molar-refractivity contribution in [2.45, 2.75) is 18.3 Å². The van der Waals surface area contributed by atoms with E-state index in [1.807, 2.05) is 78.9 Å². The number of ether oxygens (including phenoxy) is 1. The standard InChI is InChI=1S/C24H20BrNO2/c1-28-21-13-9-17(10-14-21)22(15-24(27)19-5-3-2-4-6-19)23(16-26)18-7-11-20(25)12-8-18/h2-14,22-23H,15H2,1H3/t22-,23+/m1/s1. The van der Waals surface area contributed by atoms with Crippen molar-refractivity contribution in [2.24, 2.45) is 0 Å². The van der Waals surface area contributed by atoms with Gasteiger partial charge < -0.3 is 4.74 Å². The van der Waals surface area contributed by atoms with Gasteiger partial charge >= 0.3 is 0 Å². The van der Waals surface area contributed by atoms with E-state index in [1.165, 1.54) is 0 Å². The molecule has 0 aliphatic rings. The Kier molecular flexibility index (Phi) is 6.62. The number of ketones is 1. The molecular weight excluding hydrogens is 414 g/mol. The van der Waals surface area contributed by atoms with Gasteiger partial charge in [-0.05, 0) is 35.4 Å². The average Bonchev–Trinajstić information content (AvgIpc) is 2.75. The van der Waals surface area contributed by atoms with Crippen LogP contribution in [0.4, 0.5) is 0 Å². The number of Topliss-reactive ketones (excluding diaryl/α,β-unsaturated/α-hetero) is 1. The summed E-state index contributed by atoms with van der Waals surface area (Å²) in [6, 6.07) is 27.0. The van der Waals surface area contributed by atoms with Gasteiger partial charge in [0.15, 0.2) is 5.78 Å². The molecular formula is C24H20BrNO2. The third-order valence-electron chi connectivity index (χ3n) is 4.82. The maximum atomic E-state index is 12.9. The molecule has 0 amide bonds. The molecule has 28 heavy (non-hydrogen) atoms. The molecule has 3 aromatic rings. The van der Waals surface area contributed by atoms with Gasteiger partial charge in [0, 0.05) is 22.4 Å². The summed E-state index contributed by atoms with van der Waals surface area (Å²) in [6.45, 7) is 0. The highest BCUT2D eigenvalue weighted by molar-refractivity contribution is 9.10. The van der Waals surface area contributed by atoms with Gasteiger partial charge in [0.05, 0.1) is 19.1 Å². The van der Waals surface area contributed by atoms with E-state index < -0.39 is 5.92 Å². The summed E-state index contributed by atoms with van der Waals surface area (Å²) in [6.07, 6.45) is 0.255. The second-order valence-electron chi connectivity index (χ2n) is 6.53. The SMILES string of the molecule is COc1ccc([C@@H](CC(=O)c2ccccc2)[C@@H](C#N)c2ccc(Br)cc2)cc1. The lowest BCUT2D eigenvalue weighted by Gasteiger charge is -2.23. The summed E-state index contributed by atoms with van der Waals surface area (Å²) in [5.74, 6) is 0.0757. The van der Waals surface area contributed by atoms with Crippen LogP contribution in [-0.4, -0.2) is 12.9 Å². The molecule has 0 aliphatic heterocycles. The molecule has 0 saturated carbocycles. The zero-order chi connectivity index (χ0) is 19.9. The van der Waals surface area contributed by atoms with E-state index in [9.17, 15) is 10.1 Å². The molecule has 0 bridgehead atoms. The predicted molar refractivity (Wildman–Crippen MR) is 114 cm³/mol. The van der Waals surface area contributed by atoms with Crippen LogP contribution in [0.3, 0.4) is 0 Å². The van der Waals surface area contributed by atoms with Gasteiger partial charge in [-0.3, -0.25) is 4.79 Å². The van der Waals surface area contributed by atoms with Gasteiger partial charge in [0.25, 0.3) is 0 Å². The van der Waals surface area contributed by atoms with Gasteiger partial charge in [-0.1, -0.05) is 70.5 Å². The number of hydrogen-bond acceptors (Lipinski definition) is 3. The van der Waals surface area contributed by atoms with E-state index in [0.717, 1.165) is 21.3 Å². The zero-order valence-corrected chi connectivity index (χ0v) is 17.1. The fourth-order valence-electron chi connectivity index (χ4n) is 3.29. The highest BCUT2D eigenvalue weighted by Gasteiger charge is 2.27. The van der Waals surface area contributed by atoms with Crippen LogP contribution in [0, 0.1) is 11.3 Å². The number of carbonyl (C=O) groups is 1. The van der Waals surface area contributed by atoms with E-state index in [2.05, 4.69) is 22.0 Å². The van der Waals surface area contributed by atoms with Crippen molar-refractivity contribution in [3.63, 3.8) is 0 Å². The monoisotopic (exact) mass is 433 g/mol. The van der Waals surface area contributed by atoms with E-state index >= 15 is 0 Å². The van der Waals surface area contributed by atoms with E-state index in [0.29, 0.717) is 5.56 Å². The van der Waals surface area contributed by atoms with Crippen LogP contribution in [0.2, 0.25) is 0 Å². The van der Waals surface area contributed by atoms with Gasteiger partial charge in [0.1, 0.15) is 5.75 Å². The molecule has 4 heteroatoms. The number of rotatable bonds is 7. The first-order valence-corrected chi connectivity index (χ1v) is 9.79. The van der Waals surface area contributed by atoms with Crippen LogP contribution in [0.25, 0.3) is 0 Å². The Labute approximate surface area is 173 Å². The number of carbonyl (C=O) groups excluding carboxylic acids is 1. The number of methoxy groups -OCH3 is 1. The second-order valence-corrected chi connectivity index (χ2v) is 7.45. The van der Waals surface area contributed by atoms with Gasteiger partial charge in [-0.25, -0.2) is 0 Å². The maximum absolute atomic E-state index is 12.9. The summed E-state index contributed by atoms with van der Waals surface area (Å²) >= 11 is 3.43. The van der Waals surface area contributed by atoms with Crippen LogP contribution in [0.15, 0.2) is 83.3 Å². The molecule has 0 saturated heterocycles. The molecule has 3 rings (SSSR count). The van der Waals surface area contributed by atoms with Crippen LogP contribution in [0.1, 0.15) is 39.7 Å². The Morgan fingerprint density at radius 3 is 2.14 bits per heavy atom. The Hall–Kier alpha value is -2.90. The number of nitriles is 1. The van der Waals surface area contributed by atoms with Crippen LogP contribution < -0.4 is 4.74 Å². The Bertz CT molecular complexity index is 960. The average molecular weight is 434 g/mol. The van der Waals surface area contributed by atoms with Gasteiger partial charge in [-0.15, -0.1) is 0 Å². The summed E-state index contributed by atoms with van der Waals surface area (Å²) in [7, 11) is 1.62. The molecule has 0 N–H and O–H groups in total. The smallest absolute Gasteiger partial charge is 0.163 e. The minimum Gasteiger partial charge on any atom is -0.497 e. The zero-order valence-electron chi connectivity index (χ0n) is 15.5. The lowest BCUT2D eigenvalue weighted by molar-refractivity contribution is 0.0972. The van der Waals surface area contributed by atoms with Crippen molar-refractivity contribution < 1.29 is 9.53 Å². The molecule has 0 radical (unpaired) electrons. The molecule has 140 valence electrons. The fourth-order valence-corrected chi connectivity index (χ4v) is 3.55. The lowest BCUT2D eigenvalue weighted by Crippen LogP contribution is -2.15. The van der Waals surface area contributed by atoms with Crippen molar-refractivity contribution in [1.82, 2.24) is 0 Å². The predicted octanol–water partition coefficient (Wildman–Crippen LogP) is 6.12. The normalized spacial score (nSPS) is 12.6. The molecule has 0 aromatic heterocycles. The molecule has 0 spiro atoms. The molecule has 2 atom stereocenters. The van der Waals surface area contributed by atoms with Crippen molar-refractivity contribution >= 4 is 21.7 Å². The summed E-state index contributed by atoms with van der Waals surface area (Å²) in [5, 5.41) is 9.97. The second kappa shape index (κ2) is 9.34. The molecule has 0 fully saturated rings. The highest BCUT2D eigenvalue weighted by atomic mass is 79.9. The minimum atomic E-state index is -0.436. The molecule has 0 aliphatic carbocycles. The number of nitrogens with zero attached hydrogens (tertiary/aromatic N) is 1. The molecule has 3 aromatic carbocycles. The molecule has 0 heterocycles. The Morgan fingerprint density at radius 2 is 1.57 bits per heavy atom. The van der Waals surface area contributed by atoms with Crippen molar-refractivity contribution in [3.8, 4) is 11.8 Å². The third-order valence-corrected chi connectivity index (χ3v) is 5.34. The van der Waals surface area contributed by atoms with Crippen molar-refractivity contribution in [3.05, 3.63) is 100 Å². The fraction of sp³-hybridized carbons (Fsp3) is 0.167. The first-order chi connectivity index (χ1) is 13.6. The summed E-state index contributed by atoms with van der Waals surface area (Å²) < 4.78 is 6.20. The Morgan fingerprint density at radius 1 is 0.964 bits per heavy atom. The largest absolute Gasteiger partial charge is 0.497 e. The van der Waals surface area contributed by atoms with E-state index in [4.69, 9.17) is 4.74 Å². The third kappa shape index (κ3) is 4.68. The quantitative estimate of drug-likeness (QED) is 0.421. The number of benzene rings is 3. The summed E-state index contributed by atoms with van der Waals surface area (Å²) in [4.78, 5) is 12.9. The van der Waals surface area contributed by atoms with Gasteiger partial charge in [-0.2, -0.15) is 5.26 Å². The first-order valence-electron chi connectivity index (χ1n) is 8.99. The van der Waals surface area contributed by atoms with Gasteiger partial charge in [0.2, 0.25) is 0 Å². The molecule has 3 nitrogen and oxygen atoms in total. The topological polar surface area (TPSA) is 50.1 Å². The number of halogens is 1. The maximum Gasteiger partial charge on any atom is 0.163 e. The van der Waals surface area contributed by atoms with Crippen LogP contribution in [0.5, 0.6) is 5.75 Å². The molecule has 0 unspecified atom stereocenters. The van der Waals surface area contributed by atoms with Crippen LogP contribution >= 0.6 is 15.9 Å². The first kappa shape index (κ1) is 19.9. The van der Waals surface area contributed by atoms with E-state index in [1.54, 1.807) is 7.11 Å². The van der Waals surface area contributed by atoms with E-state index in [-0.39, 0.29) is 18.1 Å². The lowest BCUT2D eigenvalue weighted by atomic mass is 9.78. The van der Waals surface area contributed by atoms with Crippen LogP contribution in [-0.2, 0) is 0 Å².